The molecule has 21 nitrogen and oxygen atoms in total. The van der Waals surface area contributed by atoms with Gasteiger partial charge < -0.3 is 77.4 Å². The number of pyridine rings is 2. The van der Waals surface area contributed by atoms with Crippen molar-refractivity contribution in [3.8, 4) is 0 Å². The van der Waals surface area contributed by atoms with Gasteiger partial charge in [0.1, 0.15) is 0 Å². The largest absolute Gasteiger partial charge is 0.383 e. The number of unbranched alkanes of at least 4 members (excludes halogenated alkanes) is 1. The number of hydrogen-bond acceptors (Lipinski definition) is 20. The van der Waals surface area contributed by atoms with E-state index in [1.165, 1.54) is 135 Å². The lowest BCUT2D eigenvalue weighted by Gasteiger charge is -2.26. The Hall–Kier alpha value is -3.17. The van der Waals surface area contributed by atoms with Crippen molar-refractivity contribution in [2.45, 2.75) is 276 Å². The summed E-state index contributed by atoms with van der Waals surface area (Å²) in [5.74, 6) is 0.865. The molecule has 642 valence electrons. The van der Waals surface area contributed by atoms with Gasteiger partial charge in [0.15, 0.2) is 0 Å². The van der Waals surface area contributed by atoms with Crippen molar-refractivity contribution in [2.24, 2.45) is 5.92 Å². The first-order valence-electron chi connectivity index (χ1n) is 43.1. The maximum Gasteiger partial charge on any atom is 0.0945 e. The fourth-order valence-corrected chi connectivity index (χ4v) is 11.1. The number of nitrogens with one attached hydrogen (secondary N) is 2. The first-order valence-corrected chi connectivity index (χ1v) is 43.1. The van der Waals surface area contributed by atoms with Crippen LogP contribution >= 0.6 is 0 Å². The zero-order valence-electron chi connectivity index (χ0n) is 74.8. The van der Waals surface area contributed by atoms with Crippen LogP contribution in [0.25, 0.3) is 0 Å². The molecular weight excluding hydrogens is 1370 g/mol. The van der Waals surface area contributed by atoms with Gasteiger partial charge in [-0.1, -0.05) is 73.3 Å². The van der Waals surface area contributed by atoms with Gasteiger partial charge in [0.05, 0.1) is 102 Å². The summed E-state index contributed by atoms with van der Waals surface area (Å²) in [7, 11) is 7.46. The molecule has 0 aliphatic carbocycles. The first kappa shape index (κ1) is 108. The molecule has 3 aromatic heterocycles. The van der Waals surface area contributed by atoms with Crippen LogP contribution in [0.3, 0.4) is 0 Å². The molecule has 5 fully saturated rings. The summed E-state index contributed by atoms with van der Waals surface area (Å²) in [6, 6.07) is 11.2. The summed E-state index contributed by atoms with van der Waals surface area (Å²) < 4.78 is 49.6. The van der Waals surface area contributed by atoms with Crippen molar-refractivity contribution in [1.82, 2.24) is 59.6 Å². The monoisotopic (exact) mass is 1550 g/mol. The predicted molar refractivity (Wildman–Crippen MR) is 461 cm³/mol. The number of methoxy groups -OCH3 is 2. The molecule has 0 bridgehead atoms. The van der Waals surface area contributed by atoms with E-state index < -0.39 is 0 Å². The highest BCUT2D eigenvalue weighted by molar-refractivity contribution is 5.09. The Morgan fingerprint density at radius 1 is 0.413 bits per heavy atom. The Bertz CT molecular complexity index is 2090. The normalized spacial score (nSPS) is 15.8. The van der Waals surface area contributed by atoms with Crippen molar-refractivity contribution in [2.75, 3.05) is 212 Å². The lowest BCUT2D eigenvalue weighted by atomic mass is 10.1. The Morgan fingerprint density at radius 2 is 0.844 bits per heavy atom. The van der Waals surface area contributed by atoms with Crippen molar-refractivity contribution in [1.29, 1.82) is 0 Å². The van der Waals surface area contributed by atoms with Gasteiger partial charge in [-0.2, -0.15) is 0 Å². The van der Waals surface area contributed by atoms with Crippen molar-refractivity contribution in [3.05, 3.63) is 78.9 Å². The minimum Gasteiger partial charge on any atom is -0.383 e. The maximum atomic E-state index is 5.51. The van der Waals surface area contributed by atoms with E-state index in [9.17, 15) is 0 Å². The maximum absolute atomic E-state index is 5.51. The predicted octanol–water partition coefficient (Wildman–Crippen LogP) is 14.8. The lowest BCUT2D eigenvalue weighted by Crippen LogP contribution is -2.38. The number of likely N-dealkylation sites (N-methyl/N-ethyl adjacent to an activating group) is 1. The average Bonchev–Trinajstić information content (AvgIpc) is 1.64. The zero-order chi connectivity index (χ0) is 81.2. The number of aromatic nitrogens is 4. The number of piperidine rings is 2. The molecule has 2 N–H and O–H groups in total. The quantitative estimate of drug-likeness (QED) is 0.0517. The van der Waals surface area contributed by atoms with Gasteiger partial charge in [0.2, 0.25) is 0 Å². The fourth-order valence-electron chi connectivity index (χ4n) is 11.1. The topological polar surface area (TPSA) is 170 Å². The number of aryl methyl sites for hydroxylation is 1. The van der Waals surface area contributed by atoms with E-state index >= 15 is 0 Å². The highest BCUT2D eigenvalue weighted by atomic mass is 16.5. The van der Waals surface area contributed by atoms with Gasteiger partial charge >= 0.3 is 0 Å². The van der Waals surface area contributed by atoms with Crippen LogP contribution in [0.5, 0.6) is 0 Å². The summed E-state index contributed by atoms with van der Waals surface area (Å²) in [5.41, 5.74) is 2.44. The molecule has 0 spiro atoms. The molecule has 0 unspecified atom stereocenters. The van der Waals surface area contributed by atoms with Gasteiger partial charge in [0.25, 0.3) is 0 Å². The van der Waals surface area contributed by atoms with Crippen LogP contribution in [0.15, 0.2) is 67.6 Å². The highest BCUT2D eigenvalue weighted by Crippen LogP contribution is 2.12. The molecular formula is C88H176N12O9. The summed E-state index contributed by atoms with van der Waals surface area (Å²) in [6.07, 6.45) is 33.0. The molecule has 109 heavy (non-hydrogen) atoms. The fraction of sp³-hybridized carbons (Fsp3) is 0.852. The molecule has 5 aliphatic rings. The Labute approximate surface area is 672 Å². The van der Waals surface area contributed by atoms with Crippen molar-refractivity contribution in [3.63, 3.8) is 0 Å². The van der Waals surface area contributed by atoms with E-state index in [1.54, 1.807) is 14.2 Å². The number of ether oxygens (including phenoxy) is 9. The average molecular weight is 1550 g/mol. The van der Waals surface area contributed by atoms with E-state index in [1.807, 2.05) is 103 Å². The molecule has 0 amide bonds. The van der Waals surface area contributed by atoms with Gasteiger partial charge in [-0.3, -0.25) is 19.8 Å². The van der Waals surface area contributed by atoms with Crippen LogP contribution < -0.4 is 10.6 Å². The van der Waals surface area contributed by atoms with Crippen LogP contribution in [0.4, 0.5) is 0 Å². The standard InChI is InChI=1S/2C11H23NO.C10H16N2.C10H15NO.C10H21NO.C9H17N3.C9H19NO2.C9H19NO.C5H13NO.C4H10O/c1-11(2)13-10-6-9-12-7-4-3-5-8-12;1-11(2)5-3-4-6-12-7-9-13-10-8-12;1-9(2)11-8-6-10-5-3-4-7-12-10;1-9(2)12-8-5-10-3-6-11-7-4-10;1-10(2)12-9-8-11-6-4-3-5-7-11;1-9(2)11-4-3-6-12-7-5-10-8-12;1-9(2)12-8-5-10-3-6-11-7-4-10;1-9(2)11-8-7-10-5-3-4-6-10;1-6(2)4-5-7-3;1-4(2)5-3/h2*11H,3-10H2,1-2H3;3-5,7,9,11H,6,8H2,1-2H3;3-4,6-7,9H,5,8H2,1-2H3;10H,3-9H2,1-2H3;5,7-9,11H,3-4,6H2,1-2H3;9H,3-8H2,1-2H3;9H,3-8H2,1-2H3;4-5H2,1-3H3;4H,1-3H3. The molecule has 0 aromatic carbocycles. The minimum atomic E-state index is 0.326. The number of likely N-dealkylation sites (tertiary alicyclic amines) is 3. The minimum absolute atomic E-state index is 0.326. The summed E-state index contributed by atoms with van der Waals surface area (Å²) in [4.78, 5) is 26.7. The van der Waals surface area contributed by atoms with Crippen molar-refractivity contribution < 1.29 is 42.6 Å². The first-order chi connectivity index (χ1) is 52.3. The van der Waals surface area contributed by atoms with Crippen LogP contribution in [0.2, 0.25) is 0 Å². The smallest absolute Gasteiger partial charge is 0.0945 e. The van der Waals surface area contributed by atoms with Gasteiger partial charge in [-0.25, -0.2) is 4.98 Å². The summed E-state index contributed by atoms with van der Waals surface area (Å²) in [6.45, 7) is 68.9. The van der Waals surface area contributed by atoms with Crippen LogP contribution in [0, 0.1) is 5.92 Å². The number of morpholine rings is 2. The highest BCUT2D eigenvalue weighted by Gasteiger charge is 2.14. The van der Waals surface area contributed by atoms with E-state index in [-0.39, 0.29) is 0 Å². The second-order valence-electron chi connectivity index (χ2n) is 31.7. The van der Waals surface area contributed by atoms with E-state index in [2.05, 4.69) is 163 Å². The van der Waals surface area contributed by atoms with E-state index in [0.29, 0.717) is 48.7 Å². The van der Waals surface area contributed by atoms with Crippen molar-refractivity contribution >= 4 is 0 Å². The summed E-state index contributed by atoms with van der Waals surface area (Å²) >= 11 is 0. The second-order valence-corrected chi connectivity index (χ2v) is 31.7. The van der Waals surface area contributed by atoms with Crippen LogP contribution in [-0.4, -0.2) is 310 Å². The van der Waals surface area contributed by atoms with Gasteiger partial charge in [0, 0.05) is 148 Å². The molecule has 8 heterocycles. The molecule has 21 heteroatoms. The number of nitrogens with zero attached hydrogens (tertiary/aromatic N) is 10. The Morgan fingerprint density at radius 3 is 1.25 bits per heavy atom. The third-order valence-corrected chi connectivity index (χ3v) is 17.6. The second kappa shape index (κ2) is 78.7. The Kier molecular flexibility index (Phi) is 77.9. The summed E-state index contributed by atoms with van der Waals surface area (Å²) in [5, 5.41) is 6.73. The SMILES string of the molecule is CC(C)CCCCN1CCOCC1.CC(C)NCCCn1ccnc1.CC(C)NCCc1ccccn1.CC(C)OCCCN1CCCCC1.CC(C)OCCN1CCCC1.CC(C)OCCN1CCCCC1.CC(C)OCCN1CCOCC1.CC(C)OCCc1ccncc1.COC(C)C.COCCN(C)C. The van der Waals surface area contributed by atoms with Crippen LogP contribution in [0.1, 0.15) is 219 Å². The zero-order valence-corrected chi connectivity index (χ0v) is 74.8. The molecule has 0 saturated carbocycles. The van der Waals surface area contributed by atoms with Gasteiger partial charge in [-0.15, -0.1) is 0 Å². The van der Waals surface area contributed by atoms with Crippen LogP contribution in [-0.2, 0) is 62.0 Å². The molecule has 0 radical (unpaired) electrons. The molecule has 5 saturated heterocycles. The number of rotatable bonds is 39. The Balaban J connectivity index is 0. The number of imidazole rings is 1. The number of hydrogen-bond donors (Lipinski definition) is 2. The molecule has 5 aliphatic heterocycles. The molecule has 0 atom stereocenters. The lowest BCUT2D eigenvalue weighted by molar-refractivity contribution is 0.00964. The molecule has 8 rings (SSSR count). The third-order valence-electron chi connectivity index (χ3n) is 17.6. The molecule has 3 aromatic rings. The van der Waals surface area contributed by atoms with E-state index in [0.717, 1.165) is 169 Å². The third kappa shape index (κ3) is 82.6. The van der Waals surface area contributed by atoms with Gasteiger partial charge in [-0.05, 0) is 249 Å². The van der Waals surface area contributed by atoms with E-state index in [4.69, 9.17) is 42.6 Å².